The Hall–Kier alpha value is -2.65. The van der Waals surface area contributed by atoms with Crippen LogP contribution in [0, 0.1) is 23.7 Å². The minimum absolute atomic E-state index is 0.0844. The van der Waals surface area contributed by atoms with Crippen molar-refractivity contribution >= 4 is 15.8 Å². The number of carbonyl (C=O) groups is 1. The van der Waals surface area contributed by atoms with Gasteiger partial charge in [-0.2, -0.15) is 5.26 Å². The van der Waals surface area contributed by atoms with Crippen molar-refractivity contribution in [3.8, 4) is 6.07 Å². The average Bonchev–Trinajstić information content (AvgIpc) is 3.40. The molecular formula is C22H23NO4S. The summed E-state index contributed by atoms with van der Waals surface area (Å²) in [7, 11) is -3.90. The van der Waals surface area contributed by atoms with Gasteiger partial charge in [0.15, 0.2) is 15.3 Å². The average molecular weight is 397 g/mol. The van der Waals surface area contributed by atoms with Crippen LogP contribution < -0.4 is 0 Å². The maximum atomic E-state index is 13.3. The minimum atomic E-state index is -3.90. The molecule has 0 N–H and O–H groups in total. The van der Waals surface area contributed by atoms with Crippen LogP contribution >= 0.6 is 0 Å². The van der Waals surface area contributed by atoms with Crippen LogP contribution in [0.2, 0.25) is 0 Å². The first kappa shape index (κ1) is 20.1. The van der Waals surface area contributed by atoms with Crippen molar-refractivity contribution in [2.24, 2.45) is 5.41 Å². The summed E-state index contributed by atoms with van der Waals surface area (Å²) < 4.78 is 31.8. The molecule has 0 aliphatic heterocycles. The van der Waals surface area contributed by atoms with Crippen molar-refractivity contribution in [1.82, 2.24) is 0 Å². The van der Waals surface area contributed by atoms with Crippen LogP contribution in [0.4, 0.5) is 0 Å². The fourth-order valence-electron chi connectivity index (χ4n) is 3.73. The quantitative estimate of drug-likeness (QED) is 0.696. The Labute approximate surface area is 165 Å². The van der Waals surface area contributed by atoms with Crippen molar-refractivity contribution in [2.45, 2.75) is 43.3 Å². The molecule has 0 radical (unpaired) electrons. The van der Waals surface area contributed by atoms with Gasteiger partial charge in [0.1, 0.15) is 5.25 Å². The lowest BCUT2D eigenvalue weighted by Gasteiger charge is -2.09. The number of hydrogen-bond donors (Lipinski definition) is 0. The Bertz CT molecular complexity index is 1020. The molecule has 5 nitrogen and oxygen atoms in total. The van der Waals surface area contributed by atoms with Crippen molar-refractivity contribution in [1.29, 1.82) is 5.26 Å². The van der Waals surface area contributed by atoms with Crippen LogP contribution in [0.5, 0.6) is 0 Å². The predicted molar refractivity (Wildman–Crippen MR) is 105 cm³/mol. The standard InChI is InChI=1S/C22H23NO4S/c1-4-16-8-10-17(11-9-16)19-20(22(19,14-23)21(24)27-5-2)28(25,26)18-12-6-15(3)7-13-18/h6-13,19-20H,4-5H2,1-3H3/t19-,20-,22+/m0/s1. The number of aryl methyl sites for hydroxylation is 2. The smallest absolute Gasteiger partial charge is 0.328 e. The molecule has 0 saturated heterocycles. The third-order valence-corrected chi connectivity index (χ3v) is 7.60. The van der Waals surface area contributed by atoms with Gasteiger partial charge in [0, 0.05) is 5.92 Å². The number of nitriles is 1. The van der Waals surface area contributed by atoms with Gasteiger partial charge in [0.05, 0.1) is 17.6 Å². The molecule has 1 aliphatic carbocycles. The van der Waals surface area contributed by atoms with E-state index in [2.05, 4.69) is 0 Å². The van der Waals surface area contributed by atoms with Gasteiger partial charge in [-0.3, -0.25) is 4.79 Å². The highest BCUT2D eigenvalue weighted by Crippen LogP contribution is 2.64. The number of nitrogens with zero attached hydrogens (tertiary/aromatic N) is 1. The minimum Gasteiger partial charge on any atom is -0.465 e. The van der Waals surface area contributed by atoms with Crippen LogP contribution in [0.15, 0.2) is 53.4 Å². The zero-order valence-corrected chi connectivity index (χ0v) is 17.0. The lowest BCUT2D eigenvalue weighted by Crippen LogP contribution is -2.25. The first-order valence-electron chi connectivity index (χ1n) is 9.30. The van der Waals surface area contributed by atoms with Gasteiger partial charge in [-0.25, -0.2) is 8.42 Å². The van der Waals surface area contributed by atoms with Gasteiger partial charge in [-0.05, 0) is 43.5 Å². The molecule has 0 bridgehead atoms. The second kappa shape index (κ2) is 7.40. The van der Waals surface area contributed by atoms with Crippen LogP contribution in [-0.4, -0.2) is 26.2 Å². The molecule has 0 aromatic heterocycles. The maximum absolute atomic E-state index is 13.3. The highest BCUT2D eigenvalue weighted by Gasteiger charge is 2.77. The predicted octanol–water partition coefficient (Wildman–Crippen LogP) is 3.57. The van der Waals surface area contributed by atoms with E-state index in [0.717, 1.165) is 17.5 Å². The Morgan fingerprint density at radius 3 is 2.21 bits per heavy atom. The monoisotopic (exact) mass is 397 g/mol. The van der Waals surface area contributed by atoms with Crippen LogP contribution in [0.1, 0.15) is 36.5 Å². The van der Waals surface area contributed by atoms with Crippen molar-refractivity contribution in [2.75, 3.05) is 6.61 Å². The number of esters is 1. The zero-order valence-electron chi connectivity index (χ0n) is 16.2. The zero-order chi connectivity index (χ0) is 20.5. The van der Waals surface area contributed by atoms with Gasteiger partial charge in [0.2, 0.25) is 0 Å². The molecule has 146 valence electrons. The lowest BCUT2D eigenvalue weighted by atomic mass is 9.99. The molecular weight excluding hydrogens is 374 g/mol. The molecule has 2 aromatic carbocycles. The number of ether oxygens (including phenoxy) is 1. The second-order valence-electron chi connectivity index (χ2n) is 7.05. The normalized spacial score (nSPS) is 23.6. The molecule has 0 unspecified atom stereocenters. The number of sulfone groups is 1. The Kier molecular flexibility index (Phi) is 5.31. The van der Waals surface area contributed by atoms with E-state index in [1.54, 1.807) is 31.2 Å². The summed E-state index contributed by atoms with van der Waals surface area (Å²) in [5.74, 6) is -1.53. The highest BCUT2D eigenvalue weighted by molar-refractivity contribution is 7.92. The maximum Gasteiger partial charge on any atom is 0.328 e. The molecule has 1 aliphatic rings. The summed E-state index contributed by atoms with van der Waals surface area (Å²) in [5, 5.41) is 8.73. The van der Waals surface area contributed by atoms with E-state index in [-0.39, 0.29) is 11.5 Å². The second-order valence-corrected chi connectivity index (χ2v) is 9.12. The lowest BCUT2D eigenvalue weighted by molar-refractivity contribution is -0.147. The van der Waals surface area contributed by atoms with E-state index >= 15 is 0 Å². The van der Waals surface area contributed by atoms with E-state index in [1.165, 1.54) is 12.1 Å². The molecule has 3 rings (SSSR count). The van der Waals surface area contributed by atoms with Crippen molar-refractivity contribution < 1.29 is 17.9 Å². The fourth-order valence-corrected chi connectivity index (χ4v) is 5.97. The highest BCUT2D eigenvalue weighted by atomic mass is 32.2. The van der Waals surface area contributed by atoms with Gasteiger partial charge in [-0.15, -0.1) is 0 Å². The molecule has 1 saturated carbocycles. The van der Waals surface area contributed by atoms with E-state index in [9.17, 15) is 18.5 Å². The van der Waals surface area contributed by atoms with E-state index in [0.29, 0.717) is 5.56 Å². The van der Waals surface area contributed by atoms with Crippen molar-refractivity contribution in [3.05, 3.63) is 65.2 Å². The van der Waals surface area contributed by atoms with Crippen molar-refractivity contribution in [3.63, 3.8) is 0 Å². The first-order valence-corrected chi connectivity index (χ1v) is 10.8. The molecule has 0 heterocycles. The number of carbonyl (C=O) groups excluding carboxylic acids is 1. The van der Waals surface area contributed by atoms with Gasteiger partial charge < -0.3 is 4.74 Å². The summed E-state index contributed by atoms with van der Waals surface area (Å²) in [6, 6.07) is 15.9. The SMILES string of the molecule is CCOC(=O)[C@]1(C#N)[C@@H](c2ccc(CC)cc2)[C@@H]1S(=O)(=O)c1ccc(C)cc1. The number of rotatable bonds is 6. The van der Waals surface area contributed by atoms with Gasteiger partial charge in [-0.1, -0.05) is 48.9 Å². The third kappa shape index (κ3) is 3.10. The number of hydrogen-bond acceptors (Lipinski definition) is 5. The summed E-state index contributed by atoms with van der Waals surface area (Å²) in [4.78, 5) is 12.8. The molecule has 3 atom stereocenters. The molecule has 2 aromatic rings. The molecule has 6 heteroatoms. The largest absolute Gasteiger partial charge is 0.465 e. The molecule has 0 spiro atoms. The van der Waals surface area contributed by atoms with Crippen LogP contribution in [0.3, 0.4) is 0 Å². The summed E-state index contributed by atoms with van der Waals surface area (Å²) >= 11 is 0. The van der Waals surface area contributed by atoms with Crippen LogP contribution in [0.25, 0.3) is 0 Å². The van der Waals surface area contributed by atoms with Gasteiger partial charge >= 0.3 is 5.97 Å². The molecule has 0 amide bonds. The first-order chi connectivity index (χ1) is 13.3. The fraction of sp³-hybridized carbons (Fsp3) is 0.364. The Balaban J connectivity index is 2.11. The molecule has 1 fully saturated rings. The Morgan fingerprint density at radius 2 is 1.71 bits per heavy atom. The third-order valence-electron chi connectivity index (χ3n) is 5.36. The summed E-state index contributed by atoms with van der Waals surface area (Å²) in [6.45, 7) is 5.61. The van der Waals surface area contributed by atoms with E-state index in [1.807, 2.05) is 32.0 Å². The van der Waals surface area contributed by atoms with E-state index in [4.69, 9.17) is 4.74 Å². The Morgan fingerprint density at radius 1 is 1.11 bits per heavy atom. The summed E-state index contributed by atoms with van der Waals surface area (Å²) in [5.41, 5.74) is 0.958. The topological polar surface area (TPSA) is 84.2 Å². The van der Waals surface area contributed by atoms with Crippen LogP contribution in [-0.2, 0) is 25.8 Å². The van der Waals surface area contributed by atoms with E-state index < -0.39 is 32.4 Å². The summed E-state index contributed by atoms with van der Waals surface area (Å²) in [6.07, 6.45) is 0.845. The molecule has 28 heavy (non-hydrogen) atoms. The number of benzene rings is 2. The van der Waals surface area contributed by atoms with Gasteiger partial charge in [0.25, 0.3) is 0 Å².